The largest absolute Gasteiger partial charge is 0.496 e. The van der Waals surface area contributed by atoms with E-state index in [-0.39, 0.29) is 0 Å². The van der Waals surface area contributed by atoms with Crippen LogP contribution in [0.5, 0.6) is 5.75 Å². The first kappa shape index (κ1) is 10.2. The molecule has 2 rings (SSSR count). The lowest BCUT2D eigenvalue weighted by Crippen LogP contribution is -1.90. The van der Waals surface area contributed by atoms with E-state index in [1.807, 2.05) is 18.2 Å². The highest BCUT2D eigenvalue weighted by Gasteiger charge is 2.04. The van der Waals surface area contributed by atoms with Crippen LogP contribution in [0.15, 0.2) is 33.5 Å². The fraction of sp³-hybridized carbons (Fsp3) is 0.200. The smallest absolute Gasteiger partial charge is 0.220 e. The number of nitrogens with zero attached hydrogens (tertiary/aromatic N) is 2. The lowest BCUT2D eigenvalue weighted by Gasteiger charge is -2.04. The van der Waals surface area contributed by atoms with Crippen molar-refractivity contribution < 1.29 is 9.15 Å². The molecule has 4 nitrogen and oxygen atoms in total. The minimum Gasteiger partial charge on any atom is -0.496 e. The van der Waals surface area contributed by atoms with E-state index in [1.54, 1.807) is 7.11 Å². The molecule has 0 bridgehead atoms. The summed E-state index contributed by atoms with van der Waals surface area (Å²) in [6, 6.07) is 5.84. The molecule has 0 spiro atoms. The van der Waals surface area contributed by atoms with Crippen molar-refractivity contribution in [2.24, 2.45) is 0 Å². The van der Waals surface area contributed by atoms with Gasteiger partial charge in [-0.3, -0.25) is 0 Å². The summed E-state index contributed by atoms with van der Waals surface area (Å²) in [5.74, 6) is 1.41. The molecule has 5 heteroatoms. The molecule has 2 aromatic rings. The fourth-order valence-electron chi connectivity index (χ4n) is 1.27. The van der Waals surface area contributed by atoms with Crippen LogP contribution in [0.1, 0.15) is 11.5 Å². The Morgan fingerprint density at radius 1 is 1.47 bits per heavy atom. The average Bonchev–Trinajstić information content (AvgIpc) is 2.71. The molecule has 0 unspecified atom stereocenters. The minimum atomic E-state index is 0.604. The number of aromatic nitrogens is 2. The molecular weight excluding hydrogens is 260 g/mol. The second-order valence-corrected chi connectivity index (χ2v) is 3.83. The number of benzene rings is 1. The van der Waals surface area contributed by atoms with Crippen LogP contribution in [0.4, 0.5) is 0 Å². The van der Waals surface area contributed by atoms with E-state index in [1.165, 1.54) is 6.39 Å². The molecule has 0 aliphatic heterocycles. The number of hydrogen-bond acceptors (Lipinski definition) is 4. The molecule has 0 radical (unpaired) electrons. The van der Waals surface area contributed by atoms with Crippen molar-refractivity contribution in [2.45, 2.75) is 6.42 Å². The molecule has 0 saturated heterocycles. The molecule has 0 atom stereocenters. The fourth-order valence-corrected chi connectivity index (χ4v) is 1.86. The maximum atomic E-state index is 5.14. The third kappa shape index (κ3) is 2.36. The van der Waals surface area contributed by atoms with E-state index >= 15 is 0 Å². The monoisotopic (exact) mass is 268 g/mol. The number of rotatable bonds is 3. The van der Waals surface area contributed by atoms with Gasteiger partial charge in [0, 0.05) is 0 Å². The third-order valence-electron chi connectivity index (χ3n) is 1.98. The summed E-state index contributed by atoms with van der Waals surface area (Å²) >= 11 is 3.42. The van der Waals surface area contributed by atoms with Crippen LogP contribution >= 0.6 is 15.9 Å². The van der Waals surface area contributed by atoms with E-state index in [0.717, 1.165) is 15.8 Å². The van der Waals surface area contributed by atoms with Crippen LogP contribution in [0.3, 0.4) is 0 Å². The molecule has 15 heavy (non-hydrogen) atoms. The lowest BCUT2D eigenvalue weighted by atomic mass is 10.1. The standard InChI is InChI=1S/C10H9BrN2O2/c1-14-9-3-2-7(4-8(9)11)5-10-13-12-6-15-10/h2-4,6H,5H2,1H3. The summed E-state index contributed by atoms with van der Waals surface area (Å²) in [5, 5.41) is 7.44. The Hall–Kier alpha value is -1.36. The molecule has 0 amide bonds. The van der Waals surface area contributed by atoms with Crippen molar-refractivity contribution in [1.82, 2.24) is 10.2 Å². The van der Waals surface area contributed by atoms with Crippen molar-refractivity contribution in [3.05, 3.63) is 40.5 Å². The summed E-state index contributed by atoms with van der Waals surface area (Å²) in [5.41, 5.74) is 1.09. The normalized spacial score (nSPS) is 10.3. The van der Waals surface area contributed by atoms with Crippen LogP contribution in [0.2, 0.25) is 0 Å². The molecule has 1 heterocycles. The lowest BCUT2D eigenvalue weighted by molar-refractivity contribution is 0.412. The van der Waals surface area contributed by atoms with E-state index in [0.29, 0.717) is 12.3 Å². The number of halogens is 1. The Labute approximate surface area is 95.4 Å². The maximum Gasteiger partial charge on any atom is 0.220 e. The Bertz CT molecular complexity index is 443. The molecular formula is C10H9BrN2O2. The van der Waals surface area contributed by atoms with Gasteiger partial charge in [0.1, 0.15) is 5.75 Å². The predicted octanol–water partition coefficient (Wildman–Crippen LogP) is 2.43. The van der Waals surface area contributed by atoms with Gasteiger partial charge in [0.15, 0.2) is 0 Å². The number of hydrogen-bond donors (Lipinski definition) is 0. The first-order chi connectivity index (χ1) is 7.29. The van der Waals surface area contributed by atoms with E-state index in [9.17, 15) is 0 Å². The van der Waals surface area contributed by atoms with Gasteiger partial charge in [0.2, 0.25) is 12.3 Å². The van der Waals surface area contributed by atoms with Crippen LogP contribution in [-0.4, -0.2) is 17.3 Å². The van der Waals surface area contributed by atoms with Gasteiger partial charge in [-0.25, -0.2) is 0 Å². The quantitative estimate of drug-likeness (QED) is 0.858. The third-order valence-corrected chi connectivity index (χ3v) is 2.60. The zero-order chi connectivity index (χ0) is 10.7. The molecule has 0 aliphatic carbocycles. The number of methoxy groups -OCH3 is 1. The van der Waals surface area contributed by atoms with Crippen molar-refractivity contribution in [2.75, 3.05) is 7.11 Å². The SMILES string of the molecule is COc1ccc(Cc2nnco2)cc1Br. The van der Waals surface area contributed by atoms with Gasteiger partial charge in [-0.15, -0.1) is 10.2 Å². The molecule has 78 valence electrons. The van der Waals surface area contributed by atoms with Crippen LogP contribution in [-0.2, 0) is 6.42 Å². The van der Waals surface area contributed by atoms with Gasteiger partial charge in [-0.2, -0.15) is 0 Å². The van der Waals surface area contributed by atoms with Gasteiger partial charge in [-0.05, 0) is 33.6 Å². The van der Waals surface area contributed by atoms with Gasteiger partial charge >= 0.3 is 0 Å². The van der Waals surface area contributed by atoms with Crippen molar-refractivity contribution in [3.8, 4) is 5.75 Å². The zero-order valence-corrected chi connectivity index (χ0v) is 9.69. The maximum absolute atomic E-state index is 5.14. The summed E-state index contributed by atoms with van der Waals surface area (Å²) in [6.45, 7) is 0. The molecule has 0 fully saturated rings. The van der Waals surface area contributed by atoms with Gasteiger partial charge in [0.05, 0.1) is 18.0 Å². The highest BCUT2D eigenvalue weighted by Crippen LogP contribution is 2.26. The summed E-state index contributed by atoms with van der Waals surface area (Å²) in [4.78, 5) is 0. The van der Waals surface area contributed by atoms with E-state index in [2.05, 4.69) is 26.1 Å². The molecule has 0 aliphatic rings. The first-order valence-corrected chi connectivity index (χ1v) is 5.16. The highest BCUT2D eigenvalue weighted by atomic mass is 79.9. The topological polar surface area (TPSA) is 48.2 Å². The Balaban J connectivity index is 2.20. The van der Waals surface area contributed by atoms with E-state index in [4.69, 9.17) is 9.15 Å². The second kappa shape index (κ2) is 4.44. The second-order valence-electron chi connectivity index (χ2n) is 2.98. The summed E-state index contributed by atoms with van der Waals surface area (Å²) in [6.07, 6.45) is 1.95. The Morgan fingerprint density at radius 3 is 2.93 bits per heavy atom. The number of ether oxygens (including phenoxy) is 1. The molecule has 1 aromatic heterocycles. The van der Waals surface area contributed by atoms with E-state index < -0.39 is 0 Å². The summed E-state index contributed by atoms with van der Waals surface area (Å²) < 4.78 is 11.1. The van der Waals surface area contributed by atoms with Crippen LogP contribution in [0.25, 0.3) is 0 Å². The van der Waals surface area contributed by atoms with Gasteiger partial charge < -0.3 is 9.15 Å². The van der Waals surface area contributed by atoms with Crippen LogP contribution < -0.4 is 4.74 Å². The van der Waals surface area contributed by atoms with Gasteiger partial charge in [0.25, 0.3) is 0 Å². The van der Waals surface area contributed by atoms with Crippen molar-refractivity contribution in [1.29, 1.82) is 0 Å². The minimum absolute atomic E-state index is 0.604. The Morgan fingerprint density at radius 2 is 2.33 bits per heavy atom. The first-order valence-electron chi connectivity index (χ1n) is 4.37. The van der Waals surface area contributed by atoms with Gasteiger partial charge in [-0.1, -0.05) is 6.07 Å². The zero-order valence-electron chi connectivity index (χ0n) is 8.11. The van der Waals surface area contributed by atoms with Crippen molar-refractivity contribution in [3.63, 3.8) is 0 Å². The molecule has 1 aromatic carbocycles. The summed E-state index contributed by atoms with van der Waals surface area (Å²) in [7, 11) is 1.64. The average molecular weight is 269 g/mol. The molecule has 0 saturated carbocycles. The van der Waals surface area contributed by atoms with Crippen molar-refractivity contribution >= 4 is 15.9 Å². The highest BCUT2D eigenvalue weighted by molar-refractivity contribution is 9.10. The predicted molar refractivity (Wildman–Crippen MR) is 57.8 cm³/mol. The molecule has 0 N–H and O–H groups in total. The Kier molecular flexibility index (Phi) is 3.01. The van der Waals surface area contributed by atoms with Crippen LogP contribution in [0, 0.1) is 0 Å².